The Kier molecular flexibility index (Phi) is 6.97. The van der Waals surface area contributed by atoms with E-state index in [0.717, 1.165) is 38.8 Å². The predicted octanol–water partition coefficient (Wildman–Crippen LogP) is 12.6. The summed E-state index contributed by atoms with van der Waals surface area (Å²) in [5, 5.41) is 7.11. The summed E-state index contributed by atoms with van der Waals surface area (Å²) in [4.78, 5) is 20.4. The normalized spacial score (nSPS) is 11.7. The third-order valence-electron chi connectivity index (χ3n) is 10.3. The van der Waals surface area contributed by atoms with Gasteiger partial charge >= 0.3 is 0 Å². The highest BCUT2D eigenvalue weighted by molar-refractivity contribution is 7.27. The lowest BCUT2D eigenvalue weighted by atomic mass is 9.97. The molecule has 7 aromatic carbocycles. The number of pyridine rings is 1. The minimum atomic E-state index is 0.573. The molecule has 11 aromatic rings. The third-order valence-corrected chi connectivity index (χ3v) is 11.6. The zero-order valence-electron chi connectivity index (χ0n) is 28.9. The number of rotatable bonds is 5. The number of hydrogen-bond donors (Lipinski definition) is 0. The van der Waals surface area contributed by atoms with Gasteiger partial charge in [0.05, 0.1) is 16.7 Å². The van der Waals surface area contributed by atoms with Crippen molar-refractivity contribution in [2.45, 2.75) is 0 Å². The lowest BCUT2D eigenvalue weighted by molar-refractivity contribution is 0.955. The van der Waals surface area contributed by atoms with Crippen molar-refractivity contribution in [3.8, 4) is 51.1 Å². The van der Waals surface area contributed by atoms with E-state index in [1.54, 1.807) is 0 Å². The molecule has 0 unspecified atom stereocenters. The molecule has 0 fully saturated rings. The van der Waals surface area contributed by atoms with Gasteiger partial charge in [0.1, 0.15) is 0 Å². The molecule has 0 aliphatic heterocycles. The van der Waals surface area contributed by atoms with Gasteiger partial charge in [0, 0.05) is 59.2 Å². The maximum absolute atomic E-state index is 5.30. The van der Waals surface area contributed by atoms with Crippen LogP contribution in [0.25, 0.3) is 104 Å². The summed E-state index contributed by atoms with van der Waals surface area (Å²) in [6, 6.07) is 59.3. The van der Waals surface area contributed by atoms with Crippen molar-refractivity contribution < 1.29 is 0 Å². The molecule has 252 valence electrons. The Hall–Kier alpha value is -7.02. The molecular formula is C48H29N5S. The predicted molar refractivity (Wildman–Crippen MR) is 224 cm³/mol. The lowest BCUT2D eigenvalue weighted by Gasteiger charge is -2.12. The van der Waals surface area contributed by atoms with E-state index in [1.807, 2.05) is 66.1 Å². The van der Waals surface area contributed by atoms with Gasteiger partial charge in [0.2, 0.25) is 5.95 Å². The van der Waals surface area contributed by atoms with Crippen LogP contribution in [-0.2, 0) is 0 Å². The number of benzene rings is 7. The number of aromatic nitrogens is 5. The first kappa shape index (κ1) is 30.6. The van der Waals surface area contributed by atoms with Crippen molar-refractivity contribution in [1.82, 2.24) is 24.5 Å². The van der Waals surface area contributed by atoms with Gasteiger partial charge in [-0.25, -0.2) is 4.98 Å². The van der Waals surface area contributed by atoms with E-state index in [1.165, 1.54) is 47.5 Å². The van der Waals surface area contributed by atoms with Crippen LogP contribution in [0.2, 0.25) is 0 Å². The van der Waals surface area contributed by atoms with Gasteiger partial charge in [-0.2, -0.15) is 9.97 Å². The summed E-state index contributed by atoms with van der Waals surface area (Å²) in [6.45, 7) is 0. The summed E-state index contributed by atoms with van der Waals surface area (Å²) in [5.41, 5.74) is 8.37. The third kappa shape index (κ3) is 4.78. The maximum Gasteiger partial charge on any atom is 0.238 e. The summed E-state index contributed by atoms with van der Waals surface area (Å²) in [7, 11) is 0. The van der Waals surface area contributed by atoms with E-state index in [4.69, 9.17) is 19.9 Å². The molecule has 0 radical (unpaired) electrons. The summed E-state index contributed by atoms with van der Waals surface area (Å²) < 4.78 is 4.78. The first-order valence-electron chi connectivity index (χ1n) is 18.0. The van der Waals surface area contributed by atoms with Gasteiger partial charge < -0.3 is 0 Å². The molecule has 4 aromatic heterocycles. The Labute approximate surface area is 314 Å². The monoisotopic (exact) mass is 707 g/mol. The zero-order chi connectivity index (χ0) is 35.6. The average Bonchev–Trinajstić information content (AvgIpc) is 3.81. The molecule has 6 heteroatoms. The van der Waals surface area contributed by atoms with Crippen LogP contribution in [0.5, 0.6) is 0 Å². The summed E-state index contributed by atoms with van der Waals surface area (Å²) >= 11 is 1.86. The van der Waals surface area contributed by atoms with Crippen LogP contribution in [0.1, 0.15) is 0 Å². The summed E-state index contributed by atoms with van der Waals surface area (Å²) in [5.74, 6) is 1.82. The van der Waals surface area contributed by atoms with Gasteiger partial charge in [-0.15, -0.1) is 11.3 Å². The highest BCUT2D eigenvalue weighted by atomic mass is 32.1. The van der Waals surface area contributed by atoms with E-state index in [-0.39, 0.29) is 0 Å². The van der Waals surface area contributed by atoms with Gasteiger partial charge in [-0.1, -0.05) is 146 Å². The van der Waals surface area contributed by atoms with Crippen LogP contribution in [-0.4, -0.2) is 24.5 Å². The Morgan fingerprint density at radius 3 is 1.74 bits per heavy atom. The van der Waals surface area contributed by atoms with Crippen LogP contribution in [0.3, 0.4) is 0 Å². The average molecular weight is 708 g/mol. The van der Waals surface area contributed by atoms with Crippen LogP contribution < -0.4 is 0 Å². The second-order valence-corrected chi connectivity index (χ2v) is 14.4. The number of thiophene rings is 1. The van der Waals surface area contributed by atoms with Gasteiger partial charge in [0.15, 0.2) is 11.6 Å². The highest BCUT2D eigenvalue weighted by Gasteiger charge is 2.25. The van der Waals surface area contributed by atoms with Crippen molar-refractivity contribution in [1.29, 1.82) is 0 Å². The van der Waals surface area contributed by atoms with Crippen molar-refractivity contribution in [2.75, 3.05) is 0 Å². The second-order valence-electron chi connectivity index (χ2n) is 13.4. The molecule has 0 saturated carbocycles. The molecule has 4 heterocycles. The van der Waals surface area contributed by atoms with Gasteiger partial charge in [0.25, 0.3) is 0 Å². The quantitative estimate of drug-likeness (QED) is 0.179. The first-order chi connectivity index (χ1) is 26.8. The number of fused-ring (bicyclic) bond motifs is 10. The number of hydrogen-bond acceptors (Lipinski definition) is 5. The Balaban J connectivity index is 1.35. The Bertz CT molecular complexity index is 3130. The highest BCUT2D eigenvalue weighted by Crippen LogP contribution is 2.50. The van der Waals surface area contributed by atoms with Crippen molar-refractivity contribution in [3.05, 3.63) is 176 Å². The molecule has 54 heavy (non-hydrogen) atoms. The Morgan fingerprint density at radius 2 is 1.06 bits per heavy atom. The molecule has 0 bridgehead atoms. The first-order valence-corrected chi connectivity index (χ1v) is 18.8. The minimum Gasteiger partial charge on any atom is -0.277 e. The van der Waals surface area contributed by atoms with Crippen molar-refractivity contribution >= 4 is 64.1 Å². The van der Waals surface area contributed by atoms with Gasteiger partial charge in [-0.05, 0) is 40.8 Å². The molecule has 0 aliphatic rings. The maximum atomic E-state index is 5.30. The van der Waals surface area contributed by atoms with Crippen LogP contribution in [0.4, 0.5) is 0 Å². The molecule has 0 spiro atoms. The van der Waals surface area contributed by atoms with Crippen molar-refractivity contribution in [2.24, 2.45) is 0 Å². The van der Waals surface area contributed by atoms with E-state index in [0.29, 0.717) is 17.6 Å². The van der Waals surface area contributed by atoms with Crippen LogP contribution in [0, 0.1) is 0 Å². The van der Waals surface area contributed by atoms with Crippen LogP contribution >= 0.6 is 11.3 Å². The van der Waals surface area contributed by atoms with Crippen molar-refractivity contribution in [3.63, 3.8) is 0 Å². The molecule has 0 atom stereocenters. The summed E-state index contributed by atoms with van der Waals surface area (Å²) in [6.07, 6.45) is 1.85. The topological polar surface area (TPSA) is 56.5 Å². The van der Waals surface area contributed by atoms with E-state index >= 15 is 0 Å². The minimum absolute atomic E-state index is 0.573. The molecule has 0 N–H and O–H groups in total. The molecule has 0 amide bonds. The van der Waals surface area contributed by atoms with E-state index < -0.39 is 0 Å². The standard InChI is InChI=1S/C48H29N5S/c1-4-15-30(16-5-1)34-23-14-24-37-42-43-41(35-21-10-11-22-36(35)45(42)54-44(34)37)38-29-33(39-25-12-13-28-49-39)26-27-40(38)53(43)48-51-46(31-17-6-2-7-18-31)50-47(52-48)32-19-8-3-9-20-32/h1-29H. The van der Waals surface area contributed by atoms with E-state index in [2.05, 4.69) is 126 Å². The fourth-order valence-corrected chi connectivity index (χ4v) is 9.26. The second kappa shape index (κ2) is 12.3. The zero-order valence-corrected chi connectivity index (χ0v) is 29.7. The largest absolute Gasteiger partial charge is 0.277 e. The number of nitrogens with zero attached hydrogens (tertiary/aromatic N) is 5. The lowest BCUT2D eigenvalue weighted by Crippen LogP contribution is -2.06. The molecular weight excluding hydrogens is 679 g/mol. The molecule has 5 nitrogen and oxygen atoms in total. The van der Waals surface area contributed by atoms with Gasteiger partial charge in [-0.3, -0.25) is 9.55 Å². The fourth-order valence-electron chi connectivity index (χ4n) is 7.89. The molecule has 11 rings (SSSR count). The SMILES string of the molecule is c1ccc(-c2nc(-c3ccccc3)nc(-n3c4ccc(-c5ccccn5)cc4c4c5ccccc5c5sc6c(-c7ccccc7)cccc6c5c43)n2)cc1. The molecule has 0 saturated heterocycles. The fraction of sp³-hybridized carbons (Fsp3) is 0. The Morgan fingerprint density at radius 1 is 0.426 bits per heavy atom. The smallest absolute Gasteiger partial charge is 0.238 e. The van der Waals surface area contributed by atoms with Crippen LogP contribution in [0.15, 0.2) is 176 Å². The van der Waals surface area contributed by atoms with E-state index in [9.17, 15) is 0 Å². The molecule has 0 aliphatic carbocycles.